The normalized spacial score (nSPS) is 22.8. The number of ether oxygens (including phenoxy) is 2. The fraction of sp³-hybridized carbons (Fsp3) is 0.216. The molecule has 1 N–H and O–H groups in total. The molecule has 3 aliphatic heterocycles. The molecule has 44 heavy (non-hydrogen) atoms. The summed E-state index contributed by atoms with van der Waals surface area (Å²) >= 11 is 0. The number of carbonyl (C=O) groups excluding carboxylic acids is 3. The first kappa shape index (κ1) is 27.7. The van der Waals surface area contributed by atoms with Gasteiger partial charge < -0.3 is 19.7 Å². The molecule has 1 amide bonds. The van der Waals surface area contributed by atoms with E-state index in [1.165, 1.54) is 0 Å². The Balaban J connectivity index is 1.47. The maximum atomic E-state index is 15.0. The molecule has 220 valence electrons. The lowest BCUT2D eigenvalue weighted by Gasteiger charge is -2.38. The topological polar surface area (TPSA) is 84.9 Å². The van der Waals surface area contributed by atoms with E-state index in [1.54, 1.807) is 55.6 Å². The molecular weight excluding hydrogens is 552 g/mol. The molecule has 0 aliphatic carbocycles. The molecule has 1 spiro atoms. The van der Waals surface area contributed by atoms with Gasteiger partial charge in [-0.1, -0.05) is 42.5 Å². The Bertz CT molecular complexity index is 1810. The number of amides is 1. The monoisotopic (exact) mass is 584 g/mol. The number of rotatable bonds is 7. The fourth-order valence-corrected chi connectivity index (χ4v) is 7.24. The number of hydrogen-bond donors (Lipinski definition) is 1. The van der Waals surface area contributed by atoms with E-state index in [0.29, 0.717) is 33.9 Å². The van der Waals surface area contributed by atoms with Gasteiger partial charge >= 0.3 is 0 Å². The number of benzene rings is 4. The number of ketones is 2. The number of carbonyl (C=O) groups is 3. The van der Waals surface area contributed by atoms with E-state index < -0.39 is 23.4 Å². The van der Waals surface area contributed by atoms with Crippen LogP contribution in [0.15, 0.2) is 103 Å². The molecule has 7 rings (SSSR count). The van der Waals surface area contributed by atoms with Crippen LogP contribution in [0, 0.1) is 5.92 Å². The molecule has 4 aromatic carbocycles. The summed E-state index contributed by atoms with van der Waals surface area (Å²) in [4.78, 5) is 46.1. The van der Waals surface area contributed by atoms with Crippen LogP contribution in [0.4, 0.5) is 5.69 Å². The molecule has 1 saturated heterocycles. The molecule has 0 bridgehead atoms. The van der Waals surface area contributed by atoms with Crippen LogP contribution >= 0.6 is 0 Å². The molecule has 4 unspecified atom stereocenters. The third-order valence-electron chi connectivity index (χ3n) is 9.01. The number of hydrogen-bond acceptors (Lipinski definition) is 6. The highest BCUT2D eigenvalue weighted by atomic mass is 16.5. The molecule has 3 aliphatic rings. The summed E-state index contributed by atoms with van der Waals surface area (Å²) in [5, 5.41) is 3.09. The number of Topliss-reactive ketones (excluding diaryl/α,β-unsaturated/α-hetero) is 2. The molecule has 0 aromatic heterocycles. The standard InChI is InChI=1S/C37H32N2O5/c1-22(2)44-27-18-14-24(15-19-27)33(40)31-32(34(41)25-12-16-26(43-3)17-13-25)39-21-20-23-8-4-5-9-28(23)35(39)37(31)29-10-6-7-11-30(29)38-36(37)42/h4-22,31-32,35H,1-3H3,(H,38,42). The number of fused-ring (bicyclic) bond motifs is 6. The zero-order valence-electron chi connectivity index (χ0n) is 24.7. The van der Waals surface area contributed by atoms with Crippen molar-refractivity contribution in [3.63, 3.8) is 0 Å². The van der Waals surface area contributed by atoms with Gasteiger partial charge in [0, 0.05) is 23.0 Å². The van der Waals surface area contributed by atoms with Gasteiger partial charge in [-0.3, -0.25) is 14.4 Å². The van der Waals surface area contributed by atoms with Crippen molar-refractivity contribution >= 4 is 29.2 Å². The number of nitrogens with zero attached hydrogens (tertiary/aromatic N) is 1. The summed E-state index contributed by atoms with van der Waals surface area (Å²) < 4.78 is 11.2. The van der Waals surface area contributed by atoms with Crippen molar-refractivity contribution in [2.45, 2.75) is 37.5 Å². The van der Waals surface area contributed by atoms with Crippen LogP contribution < -0.4 is 14.8 Å². The molecule has 7 heteroatoms. The number of para-hydroxylation sites is 1. The summed E-state index contributed by atoms with van der Waals surface area (Å²) in [7, 11) is 1.57. The minimum Gasteiger partial charge on any atom is -0.497 e. The minimum atomic E-state index is -1.38. The smallest absolute Gasteiger partial charge is 0.238 e. The third-order valence-corrected chi connectivity index (χ3v) is 9.01. The van der Waals surface area contributed by atoms with Gasteiger partial charge in [0.1, 0.15) is 23.0 Å². The van der Waals surface area contributed by atoms with Gasteiger partial charge in [0.05, 0.1) is 25.2 Å². The Morgan fingerprint density at radius 3 is 2.16 bits per heavy atom. The van der Waals surface area contributed by atoms with Gasteiger partial charge in [0.25, 0.3) is 0 Å². The SMILES string of the molecule is COc1ccc(C(=O)C2C(C(=O)c3ccc(OC(C)C)cc3)C3(C(=O)Nc4ccccc43)C3c4ccccc4C=CN23)cc1. The molecule has 4 aromatic rings. The minimum absolute atomic E-state index is 0.0254. The van der Waals surface area contributed by atoms with Gasteiger partial charge in [-0.15, -0.1) is 0 Å². The predicted molar refractivity (Wildman–Crippen MR) is 168 cm³/mol. The number of methoxy groups -OCH3 is 1. The Morgan fingerprint density at radius 1 is 0.818 bits per heavy atom. The van der Waals surface area contributed by atoms with E-state index in [0.717, 1.165) is 11.1 Å². The van der Waals surface area contributed by atoms with Crippen LogP contribution in [0.1, 0.15) is 57.3 Å². The first-order valence-electron chi connectivity index (χ1n) is 14.8. The van der Waals surface area contributed by atoms with Crippen molar-refractivity contribution in [2.75, 3.05) is 12.4 Å². The second kappa shape index (κ2) is 10.5. The van der Waals surface area contributed by atoms with Crippen molar-refractivity contribution in [1.82, 2.24) is 4.90 Å². The maximum Gasteiger partial charge on any atom is 0.238 e. The highest BCUT2D eigenvalue weighted by Crippen LogP contribution is 2.62. The average Bonchev–Trinajstić information content (AvgIpc) is 3.52. The summed E-state index contributed by atoms with van der Waals surface area (Å²) in [6.07, 6.45) is 3.81. The van der Waals surface area contributed by atoms with E-state index >= 15 is 0 Å². The lowest BCUT2D eigenvalue weighted by Crippen LogP contribution is -2.49. The molecule has 0 radical (unpaired) electrons. The van der Waals surface area contributed by atoms with Crippen molar-refractivity contribution < 1.29 is 23.9 Å². The van der Waals surface area contributed by atoms with E-state index in [4.69, 9.17) is 9.47 Å². The van der Waals surface area contributed by atoms with Crippen molar-refractivity contribution in [3.8, 4) is 11.5 Å². The Hall–Kier alpha value is -5.17. The number of nitrogens with one attached hydrogen (secondary N) is 1. The highest BCUT2D eigenvalue weighted by molar-refractivity contribution is 6.16. The van der Waals surface area contributed by atoms with Crippen molar-refractivity contribution in [3.05, 3.63) is 131 Å². The largest absolute Gasteiger partial charge is 0.497 e. The van der Waals surface area contributed by atoms with E-state index in [9.17, 15) is 14.4 Å². The Kier molecular flexibility index (Phi) is 6.61. The van der Waals surface area contributed by atoms with E-state index in [1.807, 2.05) is 79.6 Å². The maximum absolute atomic E-state index is 15.0. The first-order chi connectivity index (χ1) is 21.3. The predicted octanol–water partition coefficient (Wildman–Crippen LogP) is 6.46. The van der Waals surface area contributed by atoms with Gasteiger partial charge in [-0.05, 0) is 91.2 Å². The molecule has 4 atom stereocenters. The van der Waals surface area contributed by atoms with Crippen LogP contribution in [-0.4, -0.2) is 41.6 Å². The van der Waals surface area contributed by atoms with Crippen molar-refractivity contribution in [1.29, 1.82) is 0 Å². The lowest BCUT2D eigenvalue weighted by atomic mass is 9.62. The molecule has 0 saturated carbocycles. The second-order valence-electron chi connectivity index (χ2n) is 11.7. The van der Waals surface area contributed by atoms with Crippen LogP contribution in [-0.2, 0) is 10.2 Å². The lowest BCUT2D eigenvalue weighted by molar-refractivity contribution is -0.122. The summed E-state index contributed by atoms with van der Waals surface area (Å²) in [6, 6.07) is 27.7. The summed E-state index contributed by atoms with van der Waals surface area (Å²) in [5.41, 5.74) is 2.67. The summed E-state index contributed by atoms with van der Waals surface area (Å²) in [6.45, 7) is 3.88. The zero-order chi connectivity index (χ0) is 30.6. The van der Waals surface area contributed by atoms with Gasteiger partial charge in [0.2, 0.25) is 5.91 Å². The van der Waals surface area contributed by atoms with Crippen LogP contribution in [0.5, 0.6) is 11.5 Å². The third kappa shape index (κ3) is 4.07. The fourth-order valence-electron chi connectivity index (χ4n) is 7.24. The molecular formula is C37H32N2O5. The van der Waals surface area contributed by atoms with Crippen LogP contribution in [0.25, 0.3) is 6.08 Å². The molecule has 3 heterocycles. The van der Waals surface area contributed by atoms with Gasteiger partial charge in [-0.2, -0.15) is 0 Å². The zero-order valence-corrected chi connectivity index (χ0v) is 24.7. The van der Waals surface area contributed by atoms with Crippen molar-refractivity contribution in [2.24, 2.45) is 5.92 Å². The van der Waals surface area contributed by atoms with E-state index in [2.05, 4.69) is 5.32 Å². The van der Waals surface area contributed by atoms with Gasteiger partial charge in [0.15, 0.2) is 11.6 Å². The van der Waals surface area contributed by atoms with E-state index in [-0.39, 0.29) is 23.6 Å². The quantitative estimate of drug-likeness (QED) is 0.251. The number of anilines is 1. The summed E-state index contributed by atoms with van der Waals surface area (Å²) in [5.74, 6) is -0.592. The van der Waals surface area contributed by atoms with Gasteiger partial charge in [-0.25, -0.2) is 0 Å². The Morgan fingerprint density at radius 2 is 1.45 bits per heavy atom. The molecule has 1 fully saturated rings. The Labute approximate surface area is 256 Å². The van der Waals surface area contributed by atoms with Crippen LogP contribution in [0.2, 0.25) is 0 Å². The highest BCUT2D eigenvalue weighted by Gasteiger charge is 2.70. The molecule has 7 nitrogen and oxygen atoms in total. The second-order valence-corrected chi connectivity index (χ2v) is 11.7. The van der Waals surface area contributed by atoms with Crippen LogP contribution in [0.3, 0.4) is 0 Å². The average molecular weight is 585 g/mol. The first-order valence-corrected chi connectivity index (χ1v) is 14.8.